The fourth-order valence-corrected chi connectivity index (χ4v) is 5.02. The quantitative estimate of drug-likeness (QED) is 0.665. The molecule has 0 aromatic heterocycles. The summed E-state index contributed by atoms with van der Waals surface area (Å²) in [6.45, 7) is -4.10. The van der Waals surface area contributed by atoms with E-state index in [-0.39, 0.29) is 0 Å². The van der Waals surface area contributed by atoms with Gasteiger partial charge in [0.05, 0.1) is 18.7 Å². The highest BCUT2D eigenvalue weighted by Crippen LogP contribution is 2.57. The minimum absolute atomic E-state index is 0.503. The lowest BCUT2D eigenvalue weighted by molar-refractivity contribution is -0.279. The molecule has 4 bridgehead atoms. The van der Waals surface area contributed by atoms with E-state index in [0.717, 1.165) is 38.5 Å². The van der Waals surface area contributed by atoms with Crippen molar-refractivity contribution in [3.8, 4) is 0 Å². The predicted octanol–water partition coefficient (Wildman–Crippen LogP) is 4.39. The largest absolute Gasteiger partial charge is 0.454 e. The molecule has 4 saturated carbocycles. The monoisotopic (exact) mass is 377 g/mol. The first kappa shape index (κ1) is 19.2. The van der Waals surface area contributed by atoms with Gasteiger partial charge in [0, 0.05) is 0 Å². The Hall–Kier alpha value is -0.570. The number of ether oxygens (including phenoxy) is 1. The second-order valence-corrected chi connectivity index (χ2v) is 8.05. The van der Waals surface area contributed by atoms with E-state index in [2.05, 4.69) is 0 Å². The third-order valence-electron chi connectivity index (χ3n) is 5.72. The van der Waals surface area contributed by atoms with Crippen molar-refractivity contribution >= 4 is 0 Å². The number of halogens is 7. The summed E-state index contributed by atoms with van der Waals surface area (Å²) in [6.07, 6.45) is -0.170. The molecule has 0 heterocycles. The van der Waals surface area contributed by atoms with Crippen molar-refractivity contribution in [2.75, 3.05) is 19.7 Å². The van der Waals surface area contributed by atoms with E-state index in [1.165, 1.54) is 5.32 Å². The van der Waals surface area contributed by atoms with Gasteiger partial charge in [-0.05, 0) is 56.3 Å². The van der Waals surface area contributed by atoms with Crippen molar-refractivity contribution in [3.05, 3.63) is 0 Å². The Morgan fingerprint density at radius 2 is 1.28 bits per heavy atom. The molecule has 0 amide bonds. The fourth-order valence-electron chi connectivity index (χ4n) is 5.02. The van der Waals surface area contributed by atoms with Crippen LogP contribution in [0.15, 0.2) is 0 Å². The Balaban J connectivity index is 1.47. The summed E-state index contributed by atoms with van der Waals surface area (Å²) in [7, 11) is 0. The topological polar surface area (TPSA) is 21.3 Å². The number of nitrogens with one attached hydrogen (secondary N) is 1. The van der Waals surface area contributed by atoms with Crippen LogP contribution in [0.25, 0.3) is 0 Å². The molecule has 9 heteroatoms. The molecule has 4 aliphatic carbocycles. The summed E-state index contributed by atoms with van der Waals surface area (Å²) in [5.41, 5.74) is -0.561. The van der Waals surface area contributed by atoms with Crippen LogP contribution in [0.3, 0.4) is 0 Å². The van der Waals surface area contributed by atoms with Gasteiger partial charge in [0.15, 0.2) is 0 Å². The van der Waals surface area contributed by atoms with E-state index in [4.69, 9.17) is 4.74 Å². The molecule has 1 N–H and O–H groups in total. The molecule has 0 unspecified atom stereocenters. The molecule has 146 valence electrons. The second-order valence-electron chi connectivity index (χ2n) is 8.05. The van der Waals surface area contributed by atoms with Crippen molar-refractivity contribution in [2.24, 2.45) is 17.8 Å². The molecular formula is C16H22F7NO. The molecule has 0 radical (unpaired) electrons. The van der Waals surface area contributed by atoms with Gasteiger partial charge in [0.25, 0.3) is 5.92 Å². The first-order chi connectivity index (χ1) is 11.4. The number of alkyl halides is 7. The van der Waals surface area contributed by atoms with Crippen molar-refractivity contribution in [1.82, 2.24) is 5.32 Å². The van der Waals surface area contributed by atoms with E-state index in [0.29, 0.717) is 17.8 Å². The Kier molecular flexibility index (Phi) is 4.80. The summed E-state index contributed by atoms with van der Waals surface area (Å²) in [4.78, 5) is 0. The van der Waals surface area contributed by atoms with Crippen molar-refractivity contribution in [1.29, 1.82) is 0 Å². The molecule has 0 saturated heterocycles. The number of rotatable bonds is 7. The van der Waals surface area contributed by atoms with Gasteiger partial charge < -0.3 is 10.1 Å². The number of hydrogen-bond donors (Lipinski definition) is 1. The van der Waals surface area contributed by atoms with Crippen LogP contribution < -0.4 is 5.32 Å². The van der Waals surface area contributed by atoms with E-state index in [9.17, 15) is 30.7 Å². The highest BCUT2D eigenvalue weighted by atomic mass is 19.4. The van der Waals surface area contributed by atoms with E-state index >= 15 is 0 Å². The maximum atomic E-state index is 13.9. The smallest absolute Gasteiger partial charge is 0.369 e. The predicted molar refractivity (Wildman–Crippen MR) is 75.7 cm³/mol. The molecule has 25 heavy (non-hydrogen) atoms. The minimum atomic E-state index is -5.76. The molecule has 0 aromatic carbocycles. The average molecular weight is 377 g/mol. The molecular weight excluding hydrogens is 355 g/mol. The maximum absolute atomic E-state index is 13.9. The molecule has 4 fully saturated rings. The van der Waals surface area contributed by atoms with Crippen LogP contribution in [0.4, 0.5) is 30.7 Å². The van der Waals surface area contributed by atoms with Crippen LogP contribution in [-0.4, -0.2) is 43.3 Å². The van der Waals surface area contributed by atoms with Gasteiger partial charge in [-0.1, -0.05) is 0 Å². The standard InChI is InChI=1S/C16H22F7NO/c17-14(18,7-24-8-15(19,20)16(21,22)23)9-25-13-4-10-1-11(5-13)3-12(2-10)6-13/h10-12,24H,1-9H2. The van der Waals surface area contributed by atoms with Gasteiger partial charge >= 0.3 is 12.1 Å². The fraction of sp³-hybridized carbons (Fsp3) is 1.00. The zero-order valence-corrected chi connectivity index (χ0v) is 13.7. The van der Waals surface area contributed by atoms with Gasteiger partial charge in [-0.3, -0.25) is 0 Å². The first-order valence-electron chi connectivity index (χ1n) is 8.57. The highest BCUT2D eigenvalue weighted by molar-refractivity contribution is 5.03. The Morgan fingerprint density at radius 1 is 0.800 bits per heavy atom. The summed E-state index contributed by atoms with van der Waals surface area (Å²) < 4.78 is 94.8. The van der Waals surface area contributed by atoms with E-state index in [1.807, 2.05) is 0 Å². The molecule has 0 aromatic rings. The molecule has 0 spiro atoms. The summed E-state index contributed by atoms with van der Waals surface area (Å²) in [5.74, 6) is -7.02. The lowest BCUT2D eigenvalue weighted by Gasteiger charge is -2.56. The van der Waals surface area contributed by atoms with Crippen molar-refractivity contribution < 1.29 is 35.5 Å². The van der Waals surface area contributed by atoms with Gasteiger partial charge in [-0.15, -0.1) is 0 Å². The minimum Gasteiger partial charge on any atom is -0.369 e. The van der Waals surface area contributed by atoms with Crippen LogP contribution in [0.1, 0.15) is 38.5 Å². The van der Waals surface area contributed by atoms with Gasteiger partial charge in [0.1, 0.15) is 6.61 Å². The Labute approximate surface area is 141 Å². The number of hydrogen-bond acceptors (Lipinski definition) is 2. The molecule has 0 atom stereocenters. The van der Waals surface area contributed by atoms with Crippen LogP contribution in [-0.2, 0) is 4.74 Å². The van der Waals surface area contributed by atoms with E-state index in [1.54, 1.807) is 0 Å². The lowest BCUT2D eigenvalue weighted by atomic mass is 9.54. The van der Waals surface area contributed by atoms with Crippen LogP contribution in [0.5, 0.6) is 0 Å². The molecule has 0 aliphatic heterocycles. The molecule has 2 nitrogen and oxygen atoms in total. The van der Waals surface area contributed by atoms with Crippen LogP contribution >= 0.6 is 0 Å². The zero-order chi connectivity index (χ0) is 18.5. The second kappa shape index (κ2) is 6.25. The summed E-state index contributed by atoms with van der Waals surface area (Å²) in [5, 5.41) is 1.53. The maximum Gasteiger partial charge on any atom is 0.454 e. The Bertz CT molecular complexity index is 456. The first-order valence-corrected chi connectivity index (χ1v) is 8.57. The lowest BCUT2D eigenvalue weighted by Crippen LogP contribution is -2.54. The SMILES string of the molecule is FC(F)(CNCC(F)(F)C(F)(F)F)COC12CC3CC(CC(C3)C1)C2. The summed E-state index contributed by atoms with van der Waals surface area (Å²) in [6, 6.07) is 0. The zero-order valence-electron chi connectivity index (χ0n) is 13.7. The highest BCUT2D eigenvalue weighted by Gasteiger charge is 2.57. The van der Waals surface area contributed by atoms with Crippen molar-refractivity contribution in [3.63, 3.8) is 0 Å². The van der Waals surface area contributed by atoms with Crippen LogP contribution in [0, 0.1) is 17.8 Å². The normalized spacial score (nSPS) is 35.4. The summed E-state index contributed by atoms with van der Waals surface area (Å²) >= 11 is 0. The van der Waals surface area contributed by atoms with Crippen molar-refractivity contribution in [2.45, 2.75) is 62.1 Å². The molecule has 4 aliphatic rings. The third-order valence-corrected chi connectivity index (χ3v) is 5.72. The van der Waals surface area contributed by atoms with Gasteiger partial charge in [-0.2, -0.15) is 22.0 Å². The Morgan fingerprint density at radius 3 is 1.72 bits per heavy atom. The third kappa shape index (κ3) is 4.23. The van der Waals surface area contributed by atoms with Gasteiger partial charge in [0.2, 0.25) is 0 Å². The van der Waals surface area contributed by atoms with Crippen LogP contribution in [0.2, 0.25) is 0 Å². The van der Waals surface area contributed by atoms with Gasteiger partial charge in [-0.25, -0.2) is 8.78 Å². The van der Waals surface area contributed by atoms with E-state index < -0.39 is 43.3 Å². The average Bonchev–Trinajstić information content (AvgIpc) is 2.42. The molecule has 4 rings (SSSR count).